The second kappa shape index (κ2) is 6.59. The molecule has 4 heteroatoms. The fourth-order valence-electron chi connectivity index (χ4n) is 2.07. The van der Waals surface area contributed by atoms with E-state index in [1.165, 1.54) is 12.3 Å². The van der Waals surface area contributed by atoms with E-state index in [1.807, 2.05) is 38.1 Å². The fourth-order valence-corrected chi connectivity index (χ4v) is 2.07. The molecule has 0 aliphatic carbocycles. The van der Waals surface area contributed by atoms with Gasteiger partial charge in [-0.05, 0) is 31.0 Å². The van der Waals surface area contributed by atoms with Crippen LogP contribution < -0.4 is 5.32 Å². The van der Waals surface area contributed by atoms with Crippen LogP contribution in [0.5, 0.6) is 0 Å². The van der Waals surface area contributed by atoms with Gasteiger partial charge in [-0.3, -0.25) is 4.98 Å². The van der Waals surface area contributed by atoms with E-state index < -0.39 is 6.10 Å². The molecule has 1 aromatic heterocycles. The molecule has 0 aliphatic heterocycles. The van der Waals surface area contributed by atoms with Gasteiger partial charge in [-0.1, -0.05) is 29.8 Å². The lowest BCUT2D eigenvalue weighted by atomic mass is 10.1. The number of halogens is 1. The van der Waals surface area contributed by atoms with Gasteiger partial charge in [-0.2, -0.15) is 0 Å². The van der Waals surface area contributed by atoms with Crippen molar-refractivity contribution in [1.29, 1.82) is 0 Å². The second-order valence-electron chi connectivity index (χ2n) is 5.00. The minimum atomic E-state index is -0.584. The lowest BCUT2D eigenvalue weighted by molar-refractivity contribution is 0.170. The number of benzene rings is 1. The minimum Gasteiger partial charge on any atom is -0.387 e. The van der Waals surface area contributed by atoms with Crippen molar-refractivity contribution < 1.29 is 9.50 Å². The van der Waals surface area contributed by atoms with Gasteiger partial charge in [0.15, 0.2) is 0 Å². The second-order valence-corrected chi connectivity index (χ2v) is 5.00. The molecule has 2 rings (SSSR count). The summed E-state index contributed by atoms with van der Waals surface area (Å²) >= 11 is 0. The van der Waals surface area contributed by atoms with Gasteiger partial charge in [0.1, 0.15) is 5.82 Å². The first kappa shape index (κ1) is 14.6. The summed E-state index contributed by atoms with van der Waals surface area (Å²) < 4.78 is 13.1. The molecule has 0 spiro atoms. The lowest BCUT2D eigenvalue weighted by Gasteiger charge is -2.18. The zero-order valence-corrected chi connectivity index (χ0v) is 11.7. The number of aromatic nitrogens is 1. The van der Waals surface area contributed by atoms with Crippen LogP contribution in [0.25, 0.3) is 0 Å². The van der Waals surface area contributed by atoms with Crippen molar-refractivity contribution in [3.63, 3.8) is 0 Å². The fraction of sp³-hybridized carbons (Fsp3) is 0.312. The van der Waals surface area contributed by atoms with Gasteiger partial charge in [0.05, 0.1) is 12.3 Å². The largest absolute Gasteiger partial charge is 0.387 e. The highest BCUT2D eigenvalue weighted by Gasteiger charge is 2.11. The molecule has 0 radical (unpaired) electrons. The highest BCUT2D eigenvalue weighted by molar-refractivity contribution is 5.24. The maximum atomic E-state index is 13.1. The van der Waals surface area contributed by atoms with Crippen LogP contribution in [0.1, 0.15) is 35.8 Å². The first-order valence-electron chi connectivity index (χ1n) is 6.64. The summed E-state index contributed by atoms with van der Waals surface area (Å²) in [7, 11) is 0. The molecular formula is C16H19FN2O. The van der Waals surface area contributed by atoms with E-state index in [1.54, 1.807) is 6.20 Å². The molecular weight excluding hydrogens is 255 g/mol. The zero-order valence-electron chi connectivity index (χ0n) is 11.7. The molecule has 2 N–H and O–H groups in total. The summed E-state index contributed by atoms with van der Waals surface area (Å²) in [4.78, 5) is 3.82. The van der Waals surface area contributed by atoms with Gasteiger partial charge >= 0.3 is 0 Å². The van der Waals surface area contributed by atoms with Crippen LogP contribution in [0, 0.1) is 12.7 Å². The SMILES string of the molecule is Cc1cccc(C(O)CNC(C)c2cncc(F)c2)c1. The lowest BCUT2D eigenvalue weighted by Crippen LogP contribution is -2.24. The summed E-state index contributed by atoms with van der Waals surface area (Å²) in [5.41, 5.74) is 2.76. The van der Waals surface area contributed by atoms with Crippen molar-refractivity contribution in [2.45, 2.75) is 26.0 Å². The number of aryl methyl sites for hydroxylation is 1. The summed E-state index contributed by atoms with van der Waals surface area (Å²) in [6.07, 6.45) is 2.22. The number of nitrogens with zero attached hydrogens (tertiary/aromatic N) is 1. The highest BCUT2D eigenvalue weighted by atomic mass is 19.1. The van der Waals surface area contributed by atoms with Crippen LogP contribution in [-0.2, 0) is 0 Å². The monoisotopic (exact) mass is 274 g/mol. The summed E-state index contributed by atoms with van der Waals surface area (Å²) in [6.45, 7) is 4.31. The smallest absolute Gasteiger partial charge is 0.141 e. The molecule has 0 saturated heterocycles. The third-order valence-corrected chi connectivity index (χ3v) is 3.27. The van der Waals surface area contributed by atoms with E-state index in [4.69, 9.17) is 0 Å². The molecule has 1 aromatic carbocycles. The van der Waals surface area contributed by atoms with Crippen LogP contribution >= 0.6 is 0 Å². The predicted molar refractivity (Wildman–Crippen MR) is 76.8 cm³/mol. The average molecular weight is 274 g/mol. The molecule has 106 valence electrons. The molecule has 3 nitrogen and oxygen atoms in total. The van der Waals surface area contributed by atoms with E-state index in [9.17, 15) is 9.50 Å². The molecule has 0 amide bonds. The molecule has 0 fully saturated rings. The Balaban J connectivity index is 1.94. The number of nitrogens with one attached hydrogen (secondary N) is 1. The maximum absolute atomic E-state index is 13.1. The van der Waals surface area contributed by atoms with E-state index in [-0.39, 0.29) is 11.9 Å². The molecule has 0 saturated carbocycles. The van der Waals surface area contributed by atoms with Crippen molar-refractivity contribution >= 4 is 0 Å². The van der Waals surface area contributed by atoms with Crippen LogP contribution in [0.4, 0.5) is 4.39 Å². The summed E-state index contributed by atoms with van der Waals surface area (Å²) in [5.74, 6) is -0.351. The number of hydrogen-bond acceptors (Lipinski definition) is 3. The van der Waals surface area contributed by atoms with E-state index in [0.29, 0.717) is 6.54 Å². The van der Waals surface area contributed by atoms with Crippen LogP contribution in [0.3, 0.4) is 0 Å². The van der Waals surface area contributed by atoms with Crippen molar-refractivity contribution in [3.8, 4) is 0 Å². The van der Waals surface area contributed by atoms with Crippen molar-refractivity contribution in [2.24, 2.45) is 0 Å². The summed E-state index contributed by atoms with van der Waals surface area (Å²) in [6, 6.07) is 9.15. The number of aliphatic hydroxyl groups excluding tert-OH is 1. The first-order chi connectivity index (χ1) is 9.56. The Hall–Kier alpha value is -1.78. The van der Waals surface area contributed by atoms with Gasteiger partial charge in [-0.25, -0.2) is 4.39 Å². The Kier molecular flexibility index (Phi) is 4.82. The zero-order chi connectivity index (χ0) is 14.5. The molecule has 0 bridgehead atoms. The average Bonchev–Trinajstić information content (AvgIpc) is 2.44. The molecule has 2 unspecified atom stereocenters. The van der Waals surface area contributed by atoms with Crippen molar-refractivity contribution in [2.75, 3.05) is 6.54 Å². The standard InChI is InChI=1S/C16H19FN2O/c1-11-4-3-5-13(6-11)16(20)10-19-12(2)14-7-15(17)9-18-8-14/h3-9,12,16,19-20H,10H2,1-2H3. The third kappa shape index (κ3) is 3.85. The van der Waals surface area contributed by atoms with Crippen LogP contribution in [0.2, 0.25) is 0 Å². The number of rotatable bonds is 5. The normalized spacial score (nSPS) is 14.0. The van der Waals surface area contributed by atoms with Gasteiger partial charge < -0.3 is 10.4 Å². The Bertz CT molecular complexity index is 522. The number of pyridine rings is 1. The van der Waals surface area contributed by atoms with E-state index in [2.05, 4.69) is 10.3 Å². The van der Waals surface area contributed by atoms with E-state index in [0.717, 1.165) is 16.7 Å². The molecule has 0 aliphatic rings. The Morgan fingerprint density at radius 2 is 2.05 bits per heavy atom. The first-order valence-corrected chi connectivity index (χ1v) is 6.64. The number of aliphatic hydroxyl groups is 1. The quantitative estimate of drug-likeness (QED) is 0.881. The van der Waals surface area contributed by atoms with Gasteiger partial charge in [0.2, 0.25) is 0 Å². The topological polar surface area (TPSA) is 45.1 Å². The van der Waals surface area contributed by atoms with Gasteiger partial charge in [0.25, 0.3) is 0 Å². The van der Waals surface area contributed by atoms with Gasteiger partial charge in [0, 0.05) is 18.8 Å². The molecule has 20 heavy (non-hydrogen) atoms. The number of hydrogen-bond donors (Lipinski definition) is 2. The summed E-state index contributed by atoms with van der Waals surface area (Å²) in [5, 5.41) is 13.3. The van der Waals surface area contributed by atoms with Crippen molar-refractivity contribution in [3.05, 3.63) is 65.2 Å². The Morgan fingerprint density at radius 1 is 1.25 bits per heavy atom. The van der Waals surface area contributed by atoms with Crippen LogP contribution in [-0.4, -0.2) is 16.6 Å². The maximum Gasteiger partial charge on any atom is 0.141 e. The van der Waals surface area contributed by atoms with Crippen LogP contribution in [0.15, 0.2) is 42.7 Å². The van der Waals surface area contributed by atoms with Crippen molar-refractivity contribution in [1.82, 2.24) is 10.3 Å². The Morgan fingerprint density at radius 3 is 2.75 bits per heavy atom. The molecule has 2 aromatic rings. The van der Waals surface area contributed by atoms with Gasteiger partial charge in [-0.15, -0.1) is 0 Å². The van der Waals surface area contributed by atoms with E-state index >= 15 is 0 Å². The minimum absolute atomic E-state index is 0.0716. The highest BCUT2D eigenvalue weighted by Crippen LogP contribution is 2.16. The molecule has 2 atom stereocenters. The Labute approximate surface area is 118 Å². The third-order valence-electron chi connectivity index (χ3n) is 3.27. The molecule has 1 heterocycles. The predicted octanol–water partition coefficient (Wildman–Crippen LogP) is 2.91.